The van der Waals surface area contributed by atoms with Crippen molar-refractivity contribution < 1.29 is 48.8 Å². The molecule has 3 N–H and O–H groups in total. The van der Waals surface area contributed by atoms with Gasteiger partial charge < -0.3 is 24.8 Å². The predicted molar refractivity (Wildman–Crippen MR) is 189 cm³/mol. The summed E-state index contributed by atoms with van der Waals surface area (Å²) in [6.07, 6.45) is -0.771. The van der Waals surface area contributed by atoms with Crippen LogP contribution in [0.3, 0.4) is 0 Å². The van der Waals surface area contributed by atoms with Gasteiger partial charge in [0.2, 0.25) is 0 Å². The van der Waals surface area contributed by atoms with Crippen molar-refractivity contribution >= 4 is 29.5 Å². The van der Waals surface area contributed by atoms with Gasteiger partial charge in [0.15, 0.2) is 17.5 Å². The molecule has 0 radical (unpaired) electrons. The molecule has 50 heavy (non-hydrogen) atoms. The number of carboxylic acid groups (broad SMARTS) is 3. The van der Waals surface area contributed by atoms with Crippen LogP contribution in [0, 0.1) is 33.6 Å². The second-order valence-electron chi connectivity index (χ2n) is 11.5. The van der Waals surface area contributed by atoms with E-state index in [1.165, 1.54) is 23.3 Å². The Kier molecular flexibility index (Phi) is 15.6. The zero-order chi connectivity index (χ0) is 36.1. The minimum Gasteiger partial charge on any atom is -0.489 e. The predicted octanol–water partition coefficient (Wildman–Crippen LogP) is 7.81. The zero-order valence-corrected chi connectivity index (χ0v) is 27.9. The van der Waals surface area contributed by atoms with Gasteiger partial charge in [0.1, 0.15) is 24.7 Å². The maximum atomic E-state index is 12.2. The first-order valence-electron chi connectivity index (χ1n) is 15.6. The summed E-state index contributed by atoms with van der Waals surface area (Å²) >= 11 is 0. The number of hydrogen-bond acceptors (Lipinski definition) is 7. The molecule has 264 valence electrons. The molecule has 10 nitrogen and oxygen atoms in total. The summed E-state index contributed by atoms with van der Waals surface area (Å²) in [5.41, 5.74) is 7.42. The van der Waals surface area contributed by atoms with Gasteiger partial charge >= 0.3 is 17.9 Å². The molecule has 0 aliphatic rings. The SMILES string of the molecule is C.Cc1cccc(C)c1COc1cccc(C(=O)CC(C(=O)O)C(=O)O)c1.Cc1cccc(C)c1COc1cccc(C(=O)CCC(=O)O)c1. The number of hydrogen-bond donors (Lipinski definition) is 3. The monoisotopic (exact) mass is 684 g/mol. The van der Waals surface area contributed by atoms with Crippen molar-refractivity contribution in [2.75, 3.05) is 0 Å². The number of Topliss-reactive ketones (excluding diaryl/α,β-unsaturated/α-hetero) is 2. The summed E-state index contributed by atoms with van der Waals surface area (Å²) in [6.45, 7) is 8.83. The molecule has 4 aromatic rings. The summed E-state index contributed by atoms with van der Waals surface area (Å²) in [6, 6.07) is 25.2. The largest absolute Gasteiger partial charge is 0.489 e. The van der Waals surface area contributed by atoms with Crippen LogP contribution in [0.5, 0.6) is 11.5 Å². The molecule has 0 atom stereocenters. The van der Waals surface area contributed by atoms with E-state index in [9.17, 15) is 24.0 Å². The molecule has 0 saturated carbocycles. The second-order valence-corrected chi connectivity index (χ2v) is 11.5. The van der Waals surface area contributed by atoms with Crippen molar-refractivity contribution in [3.05, 3.63) is 129 Å². The third kappa shape index (κ3) is 12.0. The molecule has 10 heteroatoms. The number of rotatable bonds is 15. The molecule has 0 amide bonds. The first kappa shape index (κ1) is 40.4. The van der Waals surface area contributed by atoms with Crippen LogP contribution >= 0.6 is 0 Å². The molecule has 0 aliphatic carbocycles. The Morgan fingerprint density at radius 3 is 1.32 bits per heavy atom. The lowest BCUT2D eigenvalue weighted by atomic mass is 9.98. The van der Waals surface area contributed by atoms with Gasteiger partial charge in [0.05, 0.1) is 6.42 Å². The summed E-state index contributed by atoms with van der Waals surface area (Å²) in [4.78, 5) is 56.6. The number of ether oxygens (including phenoxy) is 2. The number of benzene rings is 4. The molecular formula is C40H44O10. The molecule has 0 spiro atoms. The lowest BCUT2D eigenvalue weighted by Gasteiger charge is -2.12. The zero-order valence-electron chi connectivity index (χ0n) is 27.9. The molecule has 0 aliphatic heterocycles. The van der Waals surface area contributed by atoms with E-state index in [1.807, 2.05) is 64.1 Å². The van der Waals surface area contributed by atoms with E-state index < -0.39 is 36.0 Å². The summed E-state index contributed by atoms with van der Waals surface area (Å²) < 4.78 is 11.6. The number of ketones is 2. The van der Waals surface area contributed by atoms with Crippen LogP contribution in [0.4, 0.5) is 0 Å². The van der Waals surface area contributed by atoms with Crippen LogP contribution < -0.4 is 9.47 Å². The summed E-state index contributed by atoms with van der Waals surface area (Å²) in [5, 5.41) is 26.4. The van der Waals surface area contributed by atoms with Gasteiger partial charge in [-0.2, -0.15) is 0 Å². The van der Waals surface area contributed by atoms with Gasteiger partial charge in [-0.05, 0) is 85.3 Å². The van der Waals surface area contributed by atoms with E-state index in [2.05, 4.69) is 0 Å². The third-order valence-electron chi connectivity index (χ3n) is 7.92. The Balaban J connectivity index is 0.000000342. The minimum atomic E-state index is -1.76. The molecule has 0 bridgehead atoms. The highest BCUT2D eigenvalue weighted by Gasteiger charge is 2.29. The maximum Gasteiger partial charge on any atom is 0.318 e. The highest BCUT2D eigenvalue weighted by molar-refractivity contribution is 6.03. The topological polar surface area (TPSA) is 164 Å². The van der Waals surface area contributed by atoms with Gasteiger partial charge in [-0.3, -0.25) is 24.0 Å². The number of aryl methyl sites for hydroxylation is 4. The van der Waals surface area contributed by atoms with Gasteiger partial charge in [-0.25, -0.2) is 0 Å². The smallest absolute Gasteiger partial charge is 0.318 e. The van der Waals surface area contributed by atoms with E-state index >= 15 is 0 Å². The van der Waals surface area contributed by atoms with Crippen LogP contribution in [-0.4, -0.2) is 44.8 Å². The Hall–Kier alpha value is -5.77. The lowest BCUT2D eigenvalue weighted by Crippen LogP contribution is -2.26. The number of carbonyl (C=O) groups excluding carboxylic acids is 2. The number of carboxylic acids is 3. The number of carbonyl (C=O) groups is 5. The molecule has 0 aromatic heterocycles. The number of aliphatic carboxylic acids is 3. The average Bonchev–Trinajstić information content (AvgIpc) is 3.05. The van der Waals surface area contributed by atoms with Gasteiger partial charge in [-0.15, -0.1) is 0 Å². The van der Waals surface area contributed by atoms with E-state index in [1.54, 1.807) is 36.4 Å². The quantitative estimate of drug-likeness (QED) is 0.0831. The minimum absolute atomic E-state index is 0. The van der Waals surface area contributed by atoms with Crippen LogP contribution in [-0.2, 0) is 27.6 Å². The highest BCUT2D eigenvalue weighted by Crippen LogP contribution is 2.22. The van der Waals surface area contributed by atoms with Crippen LogP contribution in [0.25, 0.3) is 0 Å². The van der Waals surface area contributed by atoms with Crippen molar-refractivity contribution in [2.45, 2.75) is 67.6 Å². The molecule has 0 fully saturated rings. The summed E-state index contributed by atoms with van der Waals surface area (Å²) in [7, 11) is 0. The highest BCUT2D eigenvalue weighted by atomic mass is 16.5. The lowest BCUT2D eigenvalue weighted by molar-refractivity contribution is -0.154. The van der Waals surface area contributed by atoms with Gasteiger partial charge in [0.25, 0.3) is 0 Å². The van der Waals surface area contributed by atoms with Crippen molar-refractivity contribution in [1.82, 2.24) is 0 Å². The van der Waals surface area contributed by atoms with Crippen LogP contribution in [0.2, 0.25) is 0 Å². The van der Waals surface area contributed by atoms with Gasteiger partial charge in [0, 0.05) is 24.0 Å². The van der Waals surface area contributed by atoms with E-state index in [0.29, 0.717) is 30.3 Å². The standard InChI is InChI=1S/C20H20O6.C19H20O4.CH4/c1-12-5-3-6-13(2)17(12)11-26-15-8-4-7-14(9-15)18(21)10-16(19(22)23)20(24)25;1-13-5-3-6-14(2)17(13)12-23-16-8-4-7-15(11-16)18(20)9-10-19(21)22;/h3-9,16H,10-11H2,1-2H3,(H,22,23)(H,24,25);3-8,11H,9-10,12H2,1-2H3,(H,21,22);1H4. The Bertz CT molecular complexity index is 1770. The van der Waals surface area contributed by atoms with Gasteiger partial charge in [-0.1, -0.05) is 68.1 Å². The van der Waals surface area contributed by atoms with Crippen LogP contribution in [0.1, 0.15) is 80.8 Å². The van der Waals surface area contributed by atoms with E-state index in [4.69, 9.17) is 24.8 Å². The van der Waals surface area contributed by atoms with E-state index in [-0.39, 0.29) is 31.6 Å². The molecule has 0 unspecified atom stereocenters. The molecule has 0 heterocycles. The fourth-order valence-electron chi connectivity index (χ4n) is 4.93. The van der Waals surface area contributed by atoms with E-state index in [0.717, 1.165) is 22.3 Å². The first-order chi connectivity index (χ1) is 23.3. The maximum absolute atomic E-state index is 12.2. The third-order valence-corrected chi connectivity index (χ3v) is 7.92. The van der Waals surface area contributed by atoms with Crippen molar-refractivity contribution in [2.24, 2.45) is 5.92 Å². The van der Waals surface area contributed by atoms with Crippen molar-refractivity contribution in [3.8, 4) is 11.5 Å². The first-order valence-corrected chi connectivity index (χ1v) is 15.6. The molecule has 4 aromatic carbocycles. The summed E-state index contributed by atoms with van der Waals surface area (Å²) in [5.74, 6) is -5.49. The van der Waals surface area contributed by atoms with Crippen LogP contribution in [0.15, 0.2) is 84.9 Å². The van der Waals surface area contributed by atoms with Crippen molar-refractivity contribution in [1.29, 1.82) is 0 Å². The second kappa shape index (κ2) is 19.3. The molecular weight excluding hydrogens is 640 g/mol. The Morgan fingerprint density at radius 1 is 0.560 bits per heavy atom. The average molecular weight is 685 g/mol. The van der Waals surface area contributed by atoms with Crippen molar-refractivity contribution in [3.63, 3.8) is 0 Å². The molecule has 0 saturated heterocycles. The Morgan fingerprint density at radius 2 is 0.940 bits per heavy atom. The Labute approximate surface area is 292 Å². The fourth-order valence-corrected chi connectivity index (χ4v) is 4.93. The fraction of sp³-hybridized carbons (Fsp3) is 0.275. The normalized spacial score (nSPS) is 10.3. The molecule has 4 rings (SSSR count).